The van der Waals surface area contributed by atoms with E-state index in [1.54, 1.807) is 19.1 Å². The van der Waals surface area contributed by atoms with E-state index < -0.39 is 30.4 Å². The van der Waals surface area contributed by atoms with E-state index in [1.807, 2.05) is 0 Å². The topological polar surface area (TPSA) is 127 Å². The Morgan fingerprint density at radius 3 is 2.64 bits per heavy atom. The lowest BCUT2D eigenvalue weighted by molar-refractivity contribution is -0.123. The zero-order valence-electron chi connectivity index (χ0n) is 15.1. The van der Waals surface area contributed by atoms with Crippen LogP contribution in [0.3, 0.4) is 0 Å². The van der Waals surface area contributed by atoms with Crippen molar-refractivity contribution in [3.63, 3.8) is 0 Å². The number of imide groups is 1. The maximum absolute atomic E-state index is 12.2. The summed E-state index contributed by atoms with van der Waals surface area (Å²) in [5.74, 6) is -1.82. The van der Waals surface area contributed by atoms with Crippen LogP contribution in [0.5, 0.6) is 0 Å². The van der Waals surface area contributed by atoms with Crippen molar-refractivity contribution in [1.29, 1.82) is 0 Å². The first-order chi connectivity index (χ1) is 13.4. The highest BCUT2D eigenvalue weighted by atomic mass is 16.5. The van der Waals surface area contributed by atoms with Crippen molar-refractivity contribution in [2.45, 2.75) is 25.8 Å². The summed E-state index contributed by atoms with van der Waals surface area (Å²) in [6, 6.07) is 7.19. The number of nitrogens with one attached hydrogen (secondary N) is 3. The molecule has 0 aliphatic heterocycles. The number of carbonyl (C=O) groups is 4. The van der Waals surface area contributed by atoms with Gasteiger partial charge in [-0.25, -0.2) is 9.59 Å². The molecule has 28 heavy (non-hydrogen) atoms. The third-order valence-corrected chi connectivity index (χ3v) is 3.97. The SMILES string of the molecule is Cc1ccc(C(=O)OCC(=O)NC(=O)NC2CC2)cc1NC(=O)c1ccco1. The summed E-state index contributed by atoms with van der Waals surface area (Å²) >= 11 is 0. The number of esters is 1. The minimum absolute atomic E-state index is 0.109. The second kappa shape index (κ2) is 8.38. The first-order valence-electron chi connectivity index (χ1n) is 8.65. The molecule has 1 saturated carbocycles. The first-order valence-corrected chi connectivity index (χ1v) is 8.65. The van der Waals surface area contributed by atoms with Gasteiger partial charge in [0.05, 0.1) is 11.8 Å². The molecule has 1 aliphatic carbocycles. The van der Waals surface area contributed by atoms with Crippen LogP contribution in [0.25, 0.3) is 0 Å². The number of ether oxygens (including phenoxy) is 1. The smallest absolute Gasteiger partial charge is 0.338 e. The van der Waals surface area contributed by atoms with Crippen molar-refractivity contribution in [3.05, 3.63) is 53.5 Å². The molecule has 1 heterocycles. The van der Waals surface area contributed by atoms with Gasteiger partial charge in [-0.05, 0) is 49.6 Å². The zero-order valence-corrected chi connectivity index (χ0v) is 15.1. The number of furan rings is 1. The fourth-order valence-corrected chi connectivity index (χ4v) is 2.30. The second-order valence-corrected chi connectivity index (χ2v) is 6.33. The van der Waals surface area contributed by atoms with Crippen LogP contribution >= 0.6 is 0 Å². The lowest BCUT2D eigenvalue weighted by Crippen LogP contribution is -2.42. The Bertz CT molecular complexity index is 902. The maximum atomic E-state index is 12.2. The van der Waals surface area contributed by atoms with Gasteiger partial charge >= 0.3 is 12.0 Å². The molecule has 1 aliphatic rings. The molecule has 2 aromatic rings. The predicted molar refractivity (Wildman–Crippen MR) is 97.8 cm³/mol. The maximum Gasteiger partial charge on any atom is 0.338 e. The van der Waals surface area contributed by atoms with Gasteiger partial charge in [-0.3, -0.25) is 14.9 Å². The largest absolute Gasteiger partial charge is 0.459 e. The van der Waals surface area contributed by atoms with Crippen molar-refractivity contribution < 1.29 is 28.3 Å². The van der Waals surface area contributed by atoms with E-state index in [0.29, 0.717) is 5.69 Å². The van der Waals surface area contributed by atoms with E-state index in [4.69, 9.17) is 9.15 Å². The Labute approximate surface area is 160 Å². The Morgan fingerprint density at radius 1 is 1.18 bits per heavy atom. The molecule has 0 spiro atoms. The van der Waals surface area contributed by atoms with Crippen LogP contribution in [0, 0.1) is 6.92 Å². The molecule has 0 bridgehead atoms. The second-order valence-electron chi connectivity index (χ2n) is 6.33. The molecule has 9 nitrogen and oxygen atoms in total. The normalized spacial score (nSPS) is 12.8. The highest BCUT2D eigenvalue weighted by Crippen LogP contribution is 2.19. The summed E-state index contributed by atoms with van der Waals surface area (Å²) < 4.78 is 9.95. The van der Waals surface area contributed by atoms with Crippen LogP contribution < -0.4 is 16.0 Å². The fourth-order valence-electron chi connectivity index (χ4n) is 2.30. The summed E-state index contributed by atoms with van der Waals surface area (Å²) in [7, 11) is 0. The summed E-state index contributed by atoms with van der Waals surface area (Å²) in [5.41, 5.74) is 1.28. The quantitative estimate of drug-likeness (QED) is 0.653. The lowest BCUT2D eigenvalue weighted by Gasteiger charge is -2.10. The molecule has 0 unspecified atom stereocenters. The highest BCUT2D eigenvalue weighted by molar-refractivity contribution is 6.03. The summed E-state index contributed by atoms with van der Waals surface area (Å²) in [4.78, 5) is 47.4. The van der Waals surface area contributed by atoms with Gasteiger partial charge in [-0.2, -0.15) is 0 Å². The molecule has 1 aromatic carbocycles. The van der Waals surface area contributed by atoms with Crippen LogP contribution in [-0.2, 0) is 9.53 Å². The number of hydrogen-bond acceptors (Lipinski definition) is 6. The number of urea groups is 1. The minimum atomic E-state index is -0.758. The van der Waals surface area contributed by atoms with Crippen molar-refractivity contribution in [2.24, 2.45) is 0 Å². The van der Waals surface area contributed by atoms with Crippen molar-refractivity contribution in [3.8, 4) is 0 Å². The van der Waals surface area contributed by atoms with Gasteiger partial charge in [0.15, 0.2) is 12.4 Å². The molecule has 1 fully saturated rings. The number of rotatable bonds is 6. The molecule has 4 amide bonds. The zero-order chi connectivity index (χ0) is 20.1. The summed E-state index contributed by atoms with van der Waals surface area (Å²) in [6.07, 6.45) is 3.16. The van der Waals surface area contributed by atoms with E-state index in [9.17, 15) is 19.2 Å². The average molecular weight is 385 g/mol. The van der Waals surface area contributed by atoms with E-state index >= 15 is 0 Å². The Kier molecular flexibility index (Phi) is 5.73. The third-order valence-electron chi connectivity index (χ3n) is 3.97. The predicted octanol–water partition coefficient (Wildman–Crippen LogP) is 1.99. The first kappa shape index (κ1) is 19.2. The van der Waals surface area contributed by atoms with Gasteiger partial charge in [0.1, 0.15) is 0 Å². The Hall–Kier alpha value is -3.62. The molecule has 3 rings (SSSR count). The molecule has 0 saturated heterocycles. The monoisotopic (exact) mass is 385 g/mol. The number of amides is 4. The van der Waals surface area contributed by atoms with Gasteiger partial charge in [0.25, 0.3) is 11.8 Å². The third kappa shape index (κ3) is 5.19. The van der Waals surface area contributed by atoms with Gasteiger partial charge < -0.3 is 19.8 Å². The standard InChI is InChI=1S/C19H19N3O6/c1-11-4-5-12(9-14(11)21-17(24)15-3-2-8-27-15)18(25)28-10-16(23)22-19(26)20-13-6-7-13/h2-5,8-9,13H,6-7,10H2,1H3,(H,21,24)(H2,20,22,23,26). The van der Waals surface area contributed by atoms with Crippen molar-refractivity contribution >= 4 is 29.5 Å². The Balaban J connectivity index is 1.55. The molecule has 3 N–H and O–H groups in total. The highest BCUT2D eigenvalue weighted by Gasteiger charge is 2.24. The Morgan fingerprint density at radius 2 is 1.96 bits per heavy atom. The average Bonchev–Trinajstić information content (AvgIpc) is 3.29. The van der Waals surface area contributed by atoms with E-state index in [1.165, 1.54) is 24.5 Å². The molecule has 0 radical (unpaired) electrons. The molecule has 1 aromatic heterocycles. The lowest BCUT2D eigenvalue weighted by atomic mass is 10.1. The van der Waals surface area contributed by atoms with Crippen molar-refractivity contribution in [1.82, 2.24) is 10.6 Å². The van der Waals surface area contributed by atoms with Crippen LogP contribution in [0.4, 0.5) is 10.5 Å². The van der Waals surface area contributed by atoms with Gasteiger partial charge in [-0.15, -0.1) is 0 Å². The molecule has 146 valence electrons. The van der Waals surface area contributed by atoms with Crippen LogP contribution in [-0.4, -0.2) is 36.5 Å². The van der Waals surface area contributed by atoms with Gasteiger partial charge in [0, 0.05) is 11.7 Å². The van der Waals surface area contributed by atoms with Crippen LogP contribution in [0.1, 0.15) is 39.3 Å². The molecule has 0 atom stereocenters. The number of hydrogen-bond donors (Lipinski definition) is 3. The number of anilines is 1. The number of carbonyl (C=O) groups excluding carboxylic acids is 4. The van der Waals surface area contributed by atoms with E-state index in [-0.39, 0.29) is 17.4 Å². The molecular formula is C19H19N3O6. The molecule has 9 heteroatoms. The van der Waals surface area contributed by atoms with Crippen LogP contribution in [0.15, 0.2) is 41.0 Å². The summed E-state index contributed by atoms with van der Waals surface area (Å²) in [5, 5.41) is 7.33. The fraction of sp³-hybridized carbons (Fsp3) is 0.263. The van der Waals surface area contributed by atoms with Gasteiger partial charge in [0.2, 0.25) is 0 Å². The number of benzene rings is 1. The minimum Gasteiger partial charge on any atom is -0.459 e. The van der Waals surface area contributed by atoms with E-state index in [0.717, 1.165) is 18.4 Å². The number of aryl methyl sites for hydroxylation is 1. The van der Waals surface area contributed by atoms with Crippen LogP contribution in [0.2, 0.25) is 0 Å². The molecular weight excluding hydrogens is 366 g/mol. The summed E-state index contributed by atoms with van der Waals surface area (Å²) in [6.45, 7) is 1.16. The van der Waals surface area contributed by atoms with E-state index in [2.05, 4.69) is 16.0 Å². The van der Waals surface area contributed by atoms with Gasteiger partial charge in [-0.1, -0.05) is 6.07 Å². The van der Waals surface area contributed by atoms with Crippen molar-refractivity contribution in [2.75, 3.05) is 11.9 Å².